The van der Waals surface area contributed by atoms with E-state index < -0.39 is 0 Å². The van der Waals surface area contributed by atoms with Crippen molar-refractivity contribution >= 4 is 28.4 Å². The Morgan fingerprint density at radius 3 is 2.44 bits per heavy atom. The number of carbonyl (C=O) groups excluding carboxylic acids is 1. The van der Waals surface area contributed by atoms with E-state index in [4.69, 9.17) is 5.73 Å². The fourth-order valence-electron chi connectivity index (χ4n) is 3.79. The summed E-state index contributed by atoms with van der Waals surface area (Å²) in [5.74, 6) is 0.530. The monoisotopic (exact) mass is 453 g/mol. The summed E-state index contributed by atoms with van der Waals surface area (Å²) in [6.45, 7) is 0.435. The van der Waals surface area contributed by atoms with E-state index in [1.54, 1.807) is 36.0 Å². The van der Waals surface area contributed by atoms with Crippen LogP contribution in [0.1, 0.15) is 5.56 Å². The van der Waals surface area contributed by atoms with Crippen LogP contribution in [0.2, 0.25) is 0 Å². The lowest BCUT2D eigenvalue weighted by Gasteiger charge is -2.08. The van der Waals surface area contributed by atoms with Crippen LogP contribution in [0.15, 0.2) is 72.8 Å². The van der Waals surface area contributed by atoms with Gasteiger partial charge in [0.1, 0.15) is 11.4 Å². The molecule has 0 saturated heterocycles. The van der Waals surface area contributed by atoms with Gasteiger partial charge in [-0.25, -0.2) is 9.78 Å². The van der Waals surface area contributed by atoms with Crippen LogP contribution in [0.5, 0.6) is 5.75 Å². The first-order chi connectivity index (χ1) is 16.5. The number of urea groups is 1. The molecule has 0 radical (unpaired) electrons. The molecule has 0 unspecified atom stereocenters. The summed E-state index contributed by atoms with van der Waals surface area (Å²) in [7, 11) is 1.75. The van der Waals surface area contributed by atoms with Crippen molar-refractivity contribution in [3.63, 3.8) is 0 Å². The van der Waals surface area contributed by atoms with E-state index in [0.29, 0.717) is 40.7 Å². The van der Waals surface area contributed by atoms with Crippen molar-refractivity contribution in [2.45, 2.75) is 6.54 Å². The van der Waals surface area contributed by atoms with Crippen molar-refractivity contribution in [2.24, 2.45) is 12.8 Å². The number of hydrogen-bond donors (Lipinski definition) is 5. The number of amides is 2. The number of fused-ring (bicyclic) bond motifs is 1. The predicted octanol–water partition coefficient (Wildman–Crippen LogP) is 4.44. The van der Waals surface area contributed by atoms with Crippen molar-refractivity contribution in [1.82, 2.24) is 19.7 Å². The lowest BCUT2D eigenvalue weighted by atomic mass is 10.1. The number of H-pyrrole nitrogens is 1. The van der Waals surface area contributed by atoms with Gasteiger partial charge < -0.3 is 26.5 Å². The average Bonchev–Trinajstić information content (AvgIpc) is 3.39. The number of imidazole rings is 1. The lowest BCUT2D eigenvalue weighted by molar-refractivity contribution is 0.262. The molecular formula is C25H23N7O2. The van der Waals surface area contributed by atoms with Gasteiger partial charge in [-0.05, 0) is 42.0 Å². The zero-order valence-corrected chi connectivity index (χ0v) is 18.4. The van der Waals surface area contributed by atoms with Gasteiger partial charge in [0, 0.05) is 30.5 Å². The van der Waals surface area contributed by atoms with Crippen molar-refractivity contribution < 1.29 is 9.90 Å². The fourth-order valence-corrected chi connectivity index (χ4v) is 3.79. The van der Waals surface area contributed by atoms with Crippen molar-refractivity contribution in [2.75, 3.05) is 10.6 Å². The molecule has 6 N–H and O–H groups in total. The molecule has 0 aliphatic rings. The van der Waals surface area contributed by atoms with Crippen molar-refractivity contribution in [3.05, 3.63) is 78.4 Å². The molecule has 2 heterocycles. The van der Waals surface area contributed by atoms with Crippen molar-refractivity contribution in [1.29, 1.82) is 0 Å². The molecule has 2 amide bonds. The van der Waals surface area contributed by atoms with Crippen LogP contribution in [0.4, 0.5) is 16.2 Å². The number of carbonyl (C=O) groups is 1. The van der Waals surface area contributed by atoms with Gasteiger partial charge in [-0.3, -0.25) is 4.68 Å². The molecule has 9 nitrogen and oxygen atoms in total. The highest BCUT2D eigenvalue weighted by molar-refractivity contribution is 5.99. The molecule has 0 atom stereocenters. The molecule has 170 valence electrons. The van der Waals surface area contributed by atoms with Gasteiger partial charge in [0.05, 0.1) is 11.0 Å². The highest BCUT2D eigenvalue weighted by Crippen LogP contribution is 2.37. The molecule has 0 fully saturated rings. The SMILES string of the molecule is Cn1nc(-c2ccc(NC(=O)Nc3ccccc3)cc2)c(O)c1-c1nc2ccc(CN)cc2[nH]1. The Hall–Kier alpha value is -4.63. The molecule has 0 saturated carbocycles. The third-order valence-corrected chi connectivity index (χ3v) is 5.48. The molecule has 3 aromatic carbocycles. The third kappa shape index (κ3) is 4.07. The number of anilines is 2. The molecule has 34 heavy (non-hydrogen) atoms. The second-order valence-electron chi connectivity index (χ2n) is 7.83. The minimum absolute atomic E-state index is 0.0168. The molecule has 0 aliphatic carbocycles. The van der Waals surface area contributed by atoms with E-state index >= 15 is 0 Å². The number of nitrogens with one attached hydrogen (secondary N) is 3. The van der Waals surface area contributed by atoms with Gasteiger partial charge in [-0.1, -0.05) is 36.4 Å². The van der Waals surface area contributed by atoms with Crippen LogP contribution in [-0.4, -0.2) is 30.9 Å². The highest BCUT2D eigenvalue weighted by atomic mass is 16.3. The first-order valence-corrected chi connectivity index (χ1v) is 10.7. The number of aromatic hydroxyl groups is 1. The van der Waals surface area contributed by atoms with Gasteiger partial charge in [0.2, 0.25) is 0 Å². The summed E-state index contributed by atoms with van der Waals surface area (Å²) in [5.41, 5.74) is 11.2. The minimum Gasteiger partial charge on any atom is -0.504 e. The molecule has 5 aromatic rings. The zero-order valence-electron chi connectivity index (χ0n) is 18.4. The second kappa shape index (κ2) is 8.72. The first kappa shape index (κ1) is 21.2. The van der Waals surface area contributed by atoms with E-state index in [-0.39, 0.29) is 11.8 Å². The Bertz CT molecular complexity index is 1470. The van der Waals surface area contributed by atoms with Crippen LogP contribution in [0.25, 0.3) is 33.8 Å². The summed E-state index contributed by atoms with van der Waals surface area (Å²) in [6.07, 6.45) is 0. The second-order valence-corrected chi connectivity index (χ2v) is 7.83. The molecule has 9 heteroatoms. The van der Waals surface area contributed by atoms with Gasteiger partial charge in [0.25, 0.3) is 0 Å². The maximum Gasteiger partial charge on any atom is 0.323 e. The minimum atomic E-state index is -0.343. The van der Waals surface area contributed by atoms with E-state index in [9.17, 15) is 9.90 Å². The van der Waals surface area contributed by atoms with Crippen LogP contribution < -0.4 is 16.4 Å². The largest absolute Gasteiger partial charge is 0.504 e. The normalized spacial score (nSPS) is 11.0. The number of nitrogens with two attached hydrogens (primary N) is 1. The van der Waals surface area contributed by atoms with E-state index in [0.717, 1.165) is 16.6 Å². The Morgan fingerprint density at radius 2 is 1.74 bits per heavy atom. The standard InChI is InChI=1S/C25H23N7O2/c1-32-22(24-29-19-12-7-15(14-26)13-20(19)30-24)23(33)21(31-32)16-8-10-18(11-9-16)28-25(34)27-17-5-3-2-4-6-17/h2-13,33H,14,26H2,1H3,(H,29,30)(H2,27,28,34). The van der Waals surface area contributed by atoms with Gasteiger partial charge >= 0.3 is 6.03 Å². The molecule has 0 spiro atoms. The van der Waals surface area contributed by atoms with Gasteiger partial charge in [-0.2, -0.15) is 5.10 Å². The zero-order chi connectivity index (χ0) is 23.7. The molecule has 0 aliphatic heterocycles. The summed E-state index contributed by atoms with van der Waals surface area (Å²) in [6, 6.07) is 21.7. The Balaban J connectivity index is 1.38. The quantitative estimate of drug-likeness (QED) is 0.268. The number of para-hydroxylation sites is 1. The third-order valence-electron chi connectivity index (χ3n) is 5.48. The van der Waals surface area contributed by atoms with Gasteiger partial charge in [0.15, 0.2) is 11.6 Å². The number of rotatable bonds is 5. The van der Waals surface area contributed by atoms with E-state index in [1.807, 2.05) is 48.5 Å². The van der Waals surface area contributed by atoms with Crippen LogP contribution in [0.3, 0.4) is 0 Å². The fraction of sp³-hybridized carbons (Fsp3) is 0.0800. The summed E-state index contributed by atoms with van der Waals surface area (Å²) < 4.78 is 1.59. The highest BCUT2D eigenvalue weighted by Gasteiger charge is 2.21. The lowest BCUT2D eigenvalue weighted by Crippen LogP contribution is -2.19. The summed E-state index contributed by atoms with van der Waals surface area (Å²) in [4.78, 5) is 20.1. The Labute approximate surface area is 195 Å². The predicted molar refractivity (Wildman–Crippen MR) is 132 cm³/mol. The number of nitrogens with zero attached hydrogens (tertiary/aromatic N) is 3. The number of aromatic amines is 1. The maximum atomic E-state index is 12.2. The summed E-state index contributed by atoms with van der Waals surface area (Å²) in [5, 5.41) is 21.0. The van der Waals surface area contributed by atoms with E-state index in [2.05, 4.69) is 25.7 Å². The topological polar surface area (TPSA) is 134 Å². The molecule has 2 aromatic heterocycles. The smallest absolute Gasteiger partial charge is 0.323 e. The van der Waals surface area contributed by atoms with Crippen molar-refractivity contribution in [3.8, 4) is 28.5 Å². The number of hydrogen-bond acceptors (Lipinski definition) is 5. The molecule has 5 rings (SSSR count). The summed E-state index contributed by atoms with van der Waals surface area (Å²) >= 11 is 0. The Kier molecular flexibility index (Phi) is 5.44. The number of aryl methyl sites for hydroxylation is 1. The maximum absolute atomic E-state index is 12.2. The van der Waals surface area contributed by atoms with Crippen LogP contribution in [-0.2, 0) is 13.6 Å². The molecule has 0 bridgehead atoms. The number of aromatic nitrogens is 4. The first-order valence-electron chi connectivity index (χ1n) is 10.7. The molecular weight excluding hydrogens is 430 g/mol. The van der Waals surface area contributed by atoms with Crippen LogP contribution >= 0.6 is 0 Å². The van der Waals surface area contributed by atoms with Crippen LogP contribution in [0, 0.1) is 0 Å². The Morgan fingerprint density at radius 1 is 1.03 bits per heavy atom. The van der Waals surface area contributed by atoms with Gasteiger partial charge in [-0.15, -0.1) is 0 Å². The average molecular weight is 454 g/mol. The van der Waals surface area contributed by atoms with E-state index in [1.165, 1.54) is 0 Å². The number of benzene rings is 3.